The first kappa shape index (κ1) is 15.6. The molecular formula is C18H15FN4O. The van der Waals surface area contributed by atoms with E-state index in [4.69, 9.17) is 0 Å². The molecule has 120 valence electrons. The summed E-state index contributed by atoms with van der Waals surface area (Å²) in [5.74, 6) is -0.854. The van der Waals surface area contributed by atoms with Crippen molar-refractivity contribution in [2.45, 2.75) is 6.92 Å². The molecule has 0 bridgehead atoms. The fourth-order valence-electron chi connectivity index (χ4n) is 2.11. The Morgan fingerprint density at radius 1 is 1.21 bits per heavy atom. The van der Waals surface area contributed by atoms with E-state index in [1.54, 1.807) is 24.3 Å². The highest BCUT2D eigenvalue weighted by atomic mass is 19.1. The standard InChI is InChI=1S/C18H15FN4O/c1-12-6-8-13(9-7-12)16-10-17(22-21-16)18(24)23-20-11-14-4-2-3-5-15(14)19/h2-11H,1H3,(H,21,22)(H,23,24). The Kier molecular flexibility index (Phi) is 4.47. The van der Waals surface area contributed by atoms with E-state index in [0.29, 0.717) is 11.3 Å². The molecule has 6 heteroatoms. The minimum absolute atomic E-state index is 0.274. The molecule has 0 radical (unpaired) electrons. The molecule has 0 aliphatic heterocycles. The SMILES string of the molecule is Cc1ccc(-c2cc(C(=O)NN=Cc3ccccc3F)[nH]n2)cc1. The molecule has 3 aromatic rings. The quantitative estimate of drug-likeness (QED) is 0.571. The highest BCUT2D eigenvalue weighted by Crippen LogP contribution is 2.18. The molecule has 0 unspecified atom stereocenters. The third-order valence-electron chi connectivity index (χ3n) is 3.44. The zero-order chi connectivity index (χ0) is 16.9. The number of carbonyl (C=O) groups is 1. The number of nitrogens with one attached hydrogen (secondary N) is 2. The zero-order valence-electron chi connectivity index (χ0n) is 13.0. The van der Waals surface area contributed by atoms with Crippen LogP contribution >= 0.6 is 0 Å². The van der Waals surface area contributed by atoms with Gasteiger partial charge in [0.25, 0.3) is 5.91 Å². The third kappa shape index (κ3) is 3.55. The maximum absolute atomic E-state index is 13.4. The van der Waals surface area contributed by atoms with E-state index < -0.39 is 11.7 Å². The van der Waals surface area contributed by atoms with Crippen molar-refractivity contribution in [3.05, 3.63) is 77.2 Å². The van der Waals surface area contributed by atoms with Gasteiger partial charge in [0, 0.05) is 11.1 Å². The van der Waals surface area contributed by atoms with Crippen molar-refractivity contribution in [3.63, 3.8) is 0 Å². The summed E-state index contributed by atoms with van der Waals surface area (Å²) in [6, 6.07) is 15.6. The zero-order valence-corrected chi connectivity index (χ0v) is 13.0. The summed E-state index contributed by atoms with van der Waals surface area (Å²) in [7, 11) is 0. The van der Waals surface area contributed by atoms with Gasteiger partial charge < -0.3 is 0 Å². The van der Waals surface area contributed by atoms with Gasteiger partial charge in [-0.05, 0) is 19.1 Å². The topological polar surface area (TPSA) is 70.1 Å². The molecule has 2 N–H and O–H groups in total. The first-order chi connectivity index (χ1) is 11.6. The largest absolute Gasteiger partial charge is 0.289 e. The highest BCUT2D eigenvalue weighted by molar-refractivity contribution is 5.94. The number of nitrogens with zero attached hydrogens (tertiary/aromatic N) is 2. The summed E-state index contributed by atoms with van der Waals surface area (Å²) in [4.78, 5) is 12.0. The number of aryl methyl sites for hydroxylation is 1. The normalized spacial score (nSPS) is 10.9. The average Bonchev–Trinajstić information content (AvgIpc) is 3.07. The number of aromatic nitrogens is 2. The van der Waals surface area contributed by atoms with E-state index >= 15 is 0 Å². The molecule has 0 atom stereocenters. The van der Waals surface area contributed by atoms with Crippen LogP contribution in [-0.2, 0) is 0 Å². The number of H-pyrrole nitrogens is 1. The van der Waals surface area contributed by atoms with Crippen LogP contribution in [0.15, 0.2) is 59.7 Å². The van der Waals surface area contributed by atoms with Crippen LogP contribution in [0.4, 0.5) is 4.39 Å². The van der Waals surface area contributed by atoms with Crippen molar-refractivity contribution < 1.29 is 9.18 Å². The van der Waals surface area contributed by atoms with E-state index in [0.717, 1.165) is 11.1 Å². The van der Waals surface area contributed by atoms with Gasteiger partial charge in [0.1, 0.15) is 11.5 Å². The summed E-state index contributed by atoms with van der Waals surface area (Å²) in [5.41, 5.74) is 5.63. The van der Waals surface area contributed by atoms with Crippen LogP contribution in [0.2, 0.25) is 0 Å². The smallest absolute Gasteiger partial charge is 0.272 e. The lowest BCUT2D eigenvalue weighted by Crippen LogP contribution is -2.18. The Morgan fingerprint density at radius 3 is 2.71 bits per heavy atom. The van der Waals surface area contributed by atoms with Crippen LogP contribution in [0.5, 0.6) is 0 Å². The number of rotatable bonds is 4. The monoisotopic (exact) mass is 322 g/mol. The Balaban J connectivity index is 1.68. The molecule has 3 rings (SSSR count). The highest BCUT2D eigenvalue weighted by Gasteiger charge is 2.10. The molecule has 0 saturated heterocycles. The molecule has 0 aliphatic rings. The van der Waals surface area contributed by atoms with E-state index in [1.165, 1.54) is 12.3 Å². The van der Waals surface area contributed by atoms with Crippen molar-refractivity contribution in [2.75, 3.05) is 0 Å². The lowest BCUT2D eigenvalue weighted by Gasteiger charge is -1.97. The fourth-order valence-corrected chi connectivity index (χ4v) is 2.11. The Morgan fingerprint density at radius 2 is 1.96 bits per heavy atom. The Labute approximate surface area is 138 Å². The predicted octanol–water partition coefficient (Wildman–Crippen LogP) is 3.29. The molecule has 5 nitrogen and oxygen atoms in total. The molecule has 0 spiro atoms. The van der Waals surface area contributed by atoms with Gasteiger partial charge in [-0.2, -0.15) is 10.2 Å². The molecule has 2 aromatic carbocycles. The van der Waals surface area contributed by atoms with Crippen LogP contribution in [0.3, 0.4) is 0 Å². The molecule has 1 aromatic heterocycles. The molecule has 0 saturated carbocycles. The van der Waals surface area contributed by atoms with E-state index in [2.05, 4.69) is 20.7 Å². The van der Waals surface area contributed by atoms with Crippen LogP contribution in [0.25, 0.3) is 11.3 Å². The van der Waals surface area contributed by atoms with Gasteiger partial charge in [-0.3, -0.25) is 9.89 Å². The number of hydrogen-bond acceptors (Lipinski definition) is 3. The van der Waals surface area contributed by atoms with E-state index in [9.17, 15) is 9.18 Å². The van der Waals surface area contributed by atoms with Gasteiger partial charge in [0.2, 0.25) is 0 Å². The first-order valence-corrected chi connectivity index (χ1v) is 7.34. The minimum atomic E-state index is -0.451. The number of benzene rings is 2. The summed E-state index contributed by atoms with van der Waals surface area (Å²) in [6.45, 7) is 2.00. The second-order valence-electron chi connectivity index (χ2n) is 5.25. The molecule has 1 heterocycles. The van der Waals surface area contributed by atoms with Crippen LogP contribution in [0.1, 0.15) is 21.6 Å². The summed E-state index contributed by atoms with van der Waals surface area (Å²) in [5, 5.41) is 10.5. The number of hydrogen-bond donors (Lipinski definition) is 2. The van der Waals surface area contributed by atoms with Crippen LogP contribution in [-0.4, -0.2) is 22.3 Å². The van der Waals surface area contributed by atoms with Crippen molar-refractivity contribution in [2.24, 2.45) is 5.10 Å². The maximum atomic E-state index is 13.4. The van der Waals surface area contributed by atoms with Crippen molar-refractivity contribution in [3.8, 4) is 11.3 Å². The molecule has 0 fully saturated rings. The number of amides is 1. The van der Waals surface area contributed by atoms with Crippen molar-refractivity contribution in [1.29, 1.82) is 0 Å². The van der Waals surface area contributed by atoms with Gasteiger partial charge in [-0.25, -0.2) is 9.82 Å². The Bertz CT molecular complexity index is 884. The molecule has 24 heavy (non-hydrogen) atoms. The van der Waals surface area contributed by atoms with Gasteiger partial charge in [0.15, 0.2) is 0 Å². The number of halogens is 1. The average molecular weight is 322 g/mol. The summed E-state index contributed by atoms with van der Waals surface area (Å²) < 4.78 is 13.4. The van der Waals surface area contributed by atoms with Crippen molar-refractivity contribution in [1.82, 2.24) is 15.6 Å². The van der Waals surface area contributed by atoms with Crippen molar-refractivity contribution >= 4 is 12.1 Å². The van der Waals surface area contributed by atoms with E-state index in [1.807, 2.05) is 31.2 Å². The number of carbonyl (C=O) groups excluding carboxylic acids is 1. The van der Waals surface area contributed by atoms with Gasteiger partial charge in [-0.1, -0.05) is 48.0 Å². The summed E-state index contributed by atoms with van der Waals surface area (Å²) in [6.07, 6.45) is 1.25. The number of hydrazone groups is 1. The predicted molar refractivity (Wildman–Crippen MR) is 90.2 cm³/mol. The first-order valence-electron chi connectivity index (χ1n) is 7.34. The fraction of sp³-hybridized carbons (Fsp3) is 0.0556. The lowest BCUT2D eigenvalue weighted by molar-refractivity contribution is 0.0950. The minimum Gasteiger partial charge on any atom is -0.272 e. The number of aromatic amines is 1. The van der Waals surface area contributed by atoms with Crippen LogP contribution < -0.4 is 5.43 Å². The van der Waals surface area contributed by atoms with Gasteiger partial charge >= 0.3 is 0 Å². The lowest BCUT2D eigenvalue weighted by atomic mass is 10.1. The molecular weight excluding hydrogens is 307 g/mol. The third-order valence-corrected chi connectivity index (χ3v) is 3.44. The maximum Gasteiger partial charge on any atom is 0.289 e. The second-order valence-corrected chi connectivity index (χ2v) is 5.25. The summed E-state index contributed by atoms with van der Waals surface area (Å²) >= 11 is 0. The van der Waals surface area contributed by atoms with E-state index in [-0.39, 0.29) is 5.69 Å². The Hall–Kier alpha value is -3.28. The second kappa shape index (κ2) is 6.87. The van der Waals surface area contributed by atoms with Crippen LogP contribution in [0, 0.1) is 12.7 Å². The van der Waals surface area contributed by atoms with Gasteiger partial charge in [-0.15, -0.1) is 0 Å². The molecule has 1 amide bonds. The van der Waals surface area contributed by atoms with Gasteiger partial charge in [0.05, 0.1) is 11.9 Å². The molecule has 0 aliphatic carbocycles.